The lowest BCUT2D eigenvalue weighted by Gasteiger charge is -2.24. The molecule has 0 bridgehead atoms. The van der Waals surface area contributed by atoms with E-state index in [-0.39, 0.29) is 0 Å². The van der Waals surface area contributed by atoms with Crippen molar-refractivity contribution in [1.82, 2.24) is 19.7 Å². The maximum Gasteiger partial charge on any atom is 0.137 e. The van der Waals surface area contributed by atoms with Crippen molar-refractivity contribution in [1.29, 1.82) is 0 Å². The van der Waals surface area contributed by atoms with Crippen LogP contribution in [0.15, 0.2) is 72.5 Å². The molecule has 30 heavy (non-hydrogen) atoms. The summed E-state index contributed by atoms with van der Waals surface area (Å²) < 4.78 is 3.35. The van der Waals surface area contributed by atoms with Crippen molar-refractivity contribution in [3.63, 3.8) is 0 Å². The van der Waals surface area contributed by atoms with Crippen molar-refractivity contribution in [2.24, 2.45) is 0 Å². The quantitative estimate of drug-likeness (QED) is 0.391. The highest BCUT2D eigenvalue weighted by Crippen LogP contribution is 2.33. The molecule has 1 aromatic carbocycles. The summed E-state index contributed by atoms with van der Waals surface area (Å²) in [6.45, 7) is 1.13. The Bertz CT molecular complexity index is 1330. The number of piperidine rings is 1. The van der Waals surface area contributed by atoms with E-state index in [9.17, 15) is 0 Å². The number of nitrogens with one attached hydrogen (secondary N) is 1. The SMILES string of the molecule is c1cnc2c(-c3cnc4cc(-c5ccc(C6CCCCN6)cc5)ccn34)csc2c1. The van der Waals surface area contributed by atoms with Crippen LogP contribution in [0, 0.1) is 0 Å². The van der Waals surface area contributed by atoms with Crippen LogP contribution in [0.3, 0.4) is 0 Å². The zero-order valence-electron chi connectivity index (χ0n) is 16.6. The monoisotopic (exact) mass is 410 g/mol. The van der Waals surface area contributed by atoms with Gasteiger partial charge in [0.15, 0.2) is 0 Å². The fourth-order valence-corrected chi connectivity index (χ4v) is 5.36. The molecule has 5 heteroatoms. The third-order valence-corrected chi connectivity index (χ3v) is 7.01. The van der Waals surface area contributed by atoms with Gasteiger partial charge in [0.25, 0.3) is 0 Å². The molecule has 0 spiro atoms. The Balaban J connectivity index is 1.34. The van der Waals surface area contributed by atoms with Gasteiger partial charge in [-0.05, 0) is 60.3 Å². The van der Waals surface area contributed by atoms with Crippen LogP contribution in [0.5, 0.6) is 0 Å². The zero-order valence-corrected chi connectivity index (χ0v) is 17.4. The average molecular weight is 411 g/mol. The molecule has 1 aliphatic heterocycles. The minimum atomic E-state index is 0.499. The molecule has 1 unspecified atom stereocenters. The molecular weight excluding hydrogens is 388 g/mol. The number of hydrogen-bond donors (Lipinski definition) is 1. The van der Waals surface area contributed by atoms with Crippen LogP contribution in [0.1, 0.15) is 30.9 Å². The molecule has 1 aliphatic rings. The lowest BCUT2D eigenvalue weighted by atomic mass is 9.95. The standard InChI is InChI=1S/C25H22N4S/c1-2-11-26-21(4-1)18-8-6-17(7-9-18)19-10-13-29-22(15-28-24(29)14-19)20-16-30-23-5-3-12-27-25(20)23/h3,5-10,12-16,21,26H,1-2,4,11H2. The summed E-state index contributed by atoms with van der Waals surface area (Å²) in [7, 11) is 0. The largest absolute Gasteiger partial charge is 0.310 e. The van der Waals surface area contributed by atoms with Crippen LogP contribution in [-0.2, 0) is 0 Å². The highest BCUT2D eigenvalue weighted by Gasteiger charge is 2.15. The van der Waals surface area contributed by atoms with E-state index in [4.69, 9.17) is 0 Å². The number of rotatable bonds is 3. The van der Waals surface area contributed by atoms with Gasteiger partial charge in [-0.2, -0.15) is 0 Å². The molecule has 0 radical (unpaired) electrons. The molecule has 4 aromatic heterocycles. The van der Waals surface area contributed by atoms with E-state index in [2.05, 4.69) is 73.7 Å². The fraction of sp³-hybridized carbons (Fsp3) is 0.200. The summed E-state index contributed by atoms with van der Waals surface area (Å²) in [6.07, 6.45) is 9.76. The minimum absolute atomic E-state index is 0.499. The highest BCUT2D eigenvalue weighted by atomic mass is 32.1. The number of aromatic nitrogens is 3. The topological polar surface area (TPSA) is 42.2 Å². The summed E-state index contributed by atoms with van der Waals surface area (Å²) in [6, 6.07) is 17.9. The fourth-order valence-electron chi connectivity index (χ4n) is 4.45. The predicted molar refractivity (Wildman–Crippen MR) is 124 cm³/mol. The summed E-state index contributed by atoms with van der Waals surface area (Å²) in [5, 5.41) is 5.80. The van der Waals surface area contributed by atoms with E-state index in [0.717, 1.165) is 29.0 Å². The second-order valence-corrected chi connectivity index (χ2v) is 8.82. The third kappa shape index (κ3) is 3.02. The van der Waals surface area contributed by atoms with Crippen LogP contribution in [0.2, 0.25) is 0 Å². The first-order chi connectivity index (χ1) is 14.9. The molecule has 0 saturated carbocycles. The van der Waals surface area contributed by atoms with Crippen molar-refractivity contribution in [2.45, 2.75) is 25.3 Å². The first-order valence-electron chi connectivity index (χ1n) is 10.5. The molecule has 6 rings (SSSR count). The maximum absolute atomic E-state index is 4.69. The number of thiophene rings is 1. The van der Waals surface area contributed by atoms with Gasteiger partial charge in [-0.15, -0.1) is 11.3 Å². The first kappa shape index (κ1) is 17.8. The van der Waals surface area contributed by atoms with Gasteiger partial charge >= 0.3 is 0 Å². The van der Waals surface area contributed by atoms with Gasteiger partial charge in [0.1, 0.15) is 5.65 Å². The van der Waals surface area contributed by atoms with E-state index in [1.54, 1.807) is 11.3 Å². The molecule has 5 aromatic rings. The van der Waals surface area contributed by atoms with Gasteiger partial charge in [0, 0.05) is 29.4 Å². The van der Waals surface area contributed by atoms with Crippen LogP contribution < -0.4 is 5.32 Å². The summed E-state index contributed by atoms with van der Waals surface area (Å²) in [5.74, 6) is 0. The van der Waals surface area contributed by atoms with Gasteiger partial charge in [-0.3, -0.25) is 9.38 Å². The van der Waals surface area contributed by atoms with Gasteiger partial charge in [0.05, 0.1) is 22.1 Å². The molecule has 1 saturated heterocycles. The van der Waals surface area contributed by atoms with Crippen LogP contribution >= 0.6 is 11.3 Å². The average Bonchev–Trinajstić information content (AvgIpc) is 3.43. The number of benzene rings is 1. The Labute approximate surface area is 179 Å². The first-order valence-corrected chi connectivity index (χ1v) is 11.4. The zero-order chi connectivity index (χ0) is 19.9. The molecule has 4 nitrogen and oxygen atoms in total. The number of hydrogen-bond acceptors (Lipinski definition) is 4. The van der Waals surface area contributed by atoms with Crippen molar-refractivity contribution >= 4 is 27.2 Å². The second kappa shape index (κ2) is 7.35. The predicted octanol–water partition coefficient (Wildman–Crippen LogP) is 6.09. The number of fused-ring (bicyclic) bond motifs is 2. The lowest BCUT2D eigenvalue weighted by Crippen LogP contribution is -2.26. The van der Waals surface area contributed by atoms with Crippen molar-refractivity contribution in [3.8, 4) is 22.4 Å². The normalized spacial score (nSPS) is 17.0. The molecule has 5 heterocycles. The Hall–Kier alpha value is -3.02. The van der Waals surface area contributed by atoms with Crippen LogP contribution in [0.25, 0.3) is 38.2 Å². The molecule has 1 atom stereocenters. The number of nitrogens with zero attached hydrogens (tertiary/aromatic N) is 3. The Kier molecular flexibility index (Phi) is 4.36. The maximum atomic E-state index is 4.69. The Morgan fingerprint density at radius 2 is 1.93 bits per heavy atom. The summed E-state index contributed by atoms with van der Waals surface area (Å²) in [5.41, 5.74) is 8.02. The van der Waals surface area contributed by atoms with Gasteiger partial charge < -0.3 is 5.32 Å². The van der Waals surface area contributed by atoms with E-state index in [0.29, 0.717) is 6.04 Å². The van der Waals surface area contributed by atoms with Gasteiger partial charge in [-0.25, -0.2) is 4.98 Å². The third-order valence-electron chi connectivity index (χ3n) is 6.08. The molecular formula is C25H22N4S. The van der Waals surface area contributed by atoms with E-state index in [1.807, 2.05) is 18.5 Å². The molecule has 148 valence electrons. The van der Waals surface area contributed by atoms with Crippen molar-refractivity contribution < 1.29 is 0 Å². The summed E-state index contributed by atoms with van der Waals surface area (Å²) >= 11 is 1.72. The Morgan fingerprint density at radius 1 is 1.00 bits per heavy atom. The molecule has 1 N–H and O–H groups in total. The highest BCUT2D eigenvalue weighted by molar-refractivity contribution is 7.17. The molecule has 1 fully saturated rings. The number of imidazole rings is 1. The summed E-state index contributed by atoms with van der Waals surface area (Å²) in [4.78, 5) is 9.27. The second-order valence-electron chi connectivity index (χ2n) is 7.91. The Morgan fingerprint density at radius 3 is 2.80 bits per heavy atom. The smallest absolute Gasteiger partial charge is 0.137 e. The van der Waals surface area contributed by atoms with E-state index < -0.39 is 0 Å². The van der Waals surface area contributed by atoms with Crippen LogP contribution in [0.4, 0.5) is 0 Å². The lowest BCUT2D eigenvalue weighted by molar-refractivity contribution is 0.412. The van der Waals surface area contributed by atoms with Gasteiger partial charge in [0.2, 0.25) is 0 Å². The van der Waals surface area contributed by atoms with Gasteiger partial charge in [-0.1, -0.05) is 30.7 Å². The van der Waals surface area contributed by atoms with Crippen molar-refractivity contribution in [2.75, 3.05) is 6.54 Å². The van der Waals surface area contributed by atoms with Crippen LogP contribution in [-0.4, -0.2) is 20.9 Å². The van der Waals surface area contributed by atoms with E-state index >= 15 is 0 Å². The molecule has 0 amide bonds. The number of pyridine rings is 2. The van der Waals surface area contributed by atoms with E-state index in [1.165, 1.54) is 40.7 Å². The molecule has 0 aliphatic carbocycles. The minimum Gasteiger partial charge on any atom is -0.310 e. The van der Waals surface area contributed by atoms with Crippen molar-refractivity contribution in [3.05, 3.63) is 78.1 Å².